The van der Waals surface area contributed by atoms with Crippen LogP contribution in [0.1, 0.15) is 170 Å². The maximum Gasteiger partial charge on any atom is 0.252 e. The molecule has 0 unspecified atom stereocenters. The van der Waals surface area contributed by atoms with E-state index >= 15 is 0 Å². The van der Waals surface area contributed by atoms with Crippen molar-refractivity contribution in [1.29, 1.82) is 0 Å². The van der Waals surface area contributed by atoms with Crippen molar-refractivity contribution < 1.29 is 0 Å². The molecule has 8 aromatic rings. The number of benzene rings is 7. The minimum atomic E-state index is -0.200. The topological polar surface area (TPSA) is 6.48 Å². The molecule has 7 aromatic carbocycles. The molecule has 0 bridgehead atoms. The molecule has 4 heteroatoms. The van der Waals surface area contributed by atoms with E-state index < -0.39 is 0 Å². The number of anilines is 6. The summed E-state index contributed by atoms with van der Waals surface area (Å²) in [5, 5.41) is 2.69. The Labute approximate surface area is 428 Å². The van der Waals surface area contributed by atoms with Crippen LogP contribution in [0.5, 0.6) is 0 Å². The Bertz CT molecular complexity index is 3670. The van der Waals surface area contributed by atoms with Gasteiger partial charge in [-0.15, -0.1) is 11.3 Å². The first kappa shape index (κ1) is 45.3. The lowest BCUT2D eigenvalue weighted by Gasteiger charge is -2.49. The number of hydrogen-bond donors (Lipinski definition) is 0. The first-order chi connectivity index (χ1) is 33.4. The lowest BCUT2D eigenvalue weighted by molar-refractivity contribution is 0.332. The second kappa shape index (κ2) is 14.3. The summed E-state index contributed by atoms with van der Waals surface area (Å²) in [5.41, 5.74) is 27.8. The molecule has 2 aliphatic heterocycles. The van der Waals surface area contributed by atoms with Crippen molar-refractivity contribution in [2.75, 3.05) is 9.80 Å². The van der Waals surface area contributed by atoms with Gasteiger partial charge in [-0.25, -0.2) is 0 Å². The van der Waals surface area contributed by atoms with Gasteiger partial charge in [0.2, 0.25) is 0 Å². The number of thiophene rings is 1. The maximum absolute atomic E-state index is 2.75. The maximum atomic E-state index is 2.75. The van der Waals surface area contributed by atoms with Gasteiger partial charge in [0.25, 0.3) is 6.71 Å². The normalized spacial score (nSPS) is 19.8. The van der Waals surface area contributed by atoms with Gasteiger partial charge >= 0.3 is 0 Å². The van der Waals surface area contributed by atoms with Gasteiger partial charge < -0.3 is 9.80 Å². The summed E-state index contributed by atoms with van der Waals surface area (Å²) in [6.07, 6.45) is 4.75. The van der Waals surface area contributed by atoms with Crippen LogP contribution < -0.4 is 26.2 Å². The lowest BCUT2D eigenvalue weighted by atomic mass is 9.33. The average molecular weight is 947 g/mol. The van der Waals surface area contributed by atoms with Gasteiger partial charge in [0.05, 0.1) is 0 Å². The third-order valence-electron chi connectivity index (χ3n) is 19.3. The highest BCUT2D eigenvalue weighted by molar-refractivity contribution is 7.26. The number of fused-ring (bicyclic) bond motifs is 11. The van der Waals surface area contributed by atoms with Crippen molar-refractivity contribution in [3.8, 4) is 0 Å². The van der Waals surface area contributed by atoms with Crippen LogP contribution >= 0.6 is 11.3 Å². The predicted molar refractivity (Wildman–Crippen MR) is 309 cm³/mol. The Morgan fingerprint density at radius 2 is 0.803 bits per heavy atom. The van der Waals surface area contributed by atoms with Crippen molar-refractivity contribution in [1.82, 2.24) is 0 Å². The van der Waals surface area contributed by atoms with E-state index in [1.165, 1.54) is 158 Å². The largest absolute Gasteiger partial charge is 0.311 e. The number of nitrogens with zero attached hydrogens (tertiary/aromatic N) is 2. The highest BCUT2D eigenvalue weighted by Crippen LogP contribution is 2.56. The summed E-state index contributed by atoms with van der Waals surface area (Å²) in [4.78, 5) is 5.48. The highest BCUT2D eigenvalue weighted by atomic mass is 32.1. The van der Waals surface area contributed by atoms with Crippen molar-refractivity contribution in [2.24, 2.45) is 0 Å². The van der Waals surface area contributed by atoms with Crippen LogP contribution in [0.3, 0.4) is 0 Å². The molecule has 2 nitrogen and oxygen atoms in total. The molecule has 0 atom stereocenters. The van der Waals surface area contributed by atoms with Gasteiger partial charge in [0.15, 0.2) is 0 Å². The predicted octanol–water partition coefficient (Wildman–Crippen LogP) is 16.7. The van der Waals surface area contributed by atoms with Gasteiger partial charge in [-0.2, -0.15) is 0 Å². The number of aryl methyl sites for hydroxylation is 3. The van der Waals surface area contributed by atoms with E-state index in [9.17, 15) is 0 Å². The van der Waals surface area contributed by atoms with E-state index in [0.717, 1.165) is 0 Å². The summed E-state index contributed by atoms with van der Waals surface area (Å²) >= 11 is 1.95. The Morgan fingerprint density at radius 3 is 1.32 bits per heavy atom. The van der Waals surface area contributed by atoms with Gasteiger partial charge in [0, 0.05) is 65.1 Å². The third kappa shape index (κ3) is 6.13. The van der Waals surface area contributed by atoms with Crippen molar-refractivity contribution in [3.63, 3.8) is 0 Å². The Kier molecular flexibility index (Phi) is 9.15. The van der Waals surface area contributed by atoms with Crippen LogP contribution in [0.15, 0.2) is 109 Å². The van der Waals surface area contributed by atoms with E-state index in [2.05, 4.69) is 223 Å². The van der Waals surface area contributed by atoms with E-state index in [4.69, 9.17) is 0 Å². The van der Waals surface area contributed by atoms with Crippen LogP contribution in [0.2, 0.25) is 0 Å². The molecule has 13 rings (SSSR count). The quantitative estimate of drug-likeness (QED) is 0.159. The molecule has 0 spiro atoms. The summed E-state index contributed by atoms with van der Waals surface area (Å²) in [5.74, 6) is 0. The van der Waals surface area contributed by atoms with Crippen LogP contribution in [-0.4, -0.2) is 6.71 Å². The molecule has 3 heterocycles. The molecule has 0 radical (unpaired) electrons. The molecule has 0 fully saturated rings. The molecule has 3 aliphatic carbocycles. The lowest BCUT2D eigenvalue weighted by Crippen LogP contribution is -2.62. The van der Waals surface area contributed by atoms with Crippen molar-refractivity contribution in [3.05, 3.63) is 170 Å². The Morgan fingerprint density at radius 1 is 0.380 bits per heavy atom. The molecule has 0 saturated carbocycles. The van der Waals surface area contributed by atoms with Gasteiger partial charge in [-0.3, -0.25) is 0 Å². The van der Waals surface area contributed by atoms with Gasteiger partial charge in [-0.05, 0) is 194 Å². The van der Waals surface area contributed by atoms with Crippen LogP contribution in [0.25, 0.3) is 20.2 Å². The SMILES string of the molecule is Cc1cc2c3c(c1)N(c1cc4c(cc1C)C(C)(C)CCC4(C)C)c1cc4c(cc1B3c1cc3c(cc1N2c1cc2c(cc1C)C(C)(C)CCC2(C)C)C(C)(C)c1ccccc1C3(C)C)sc1ccccc14. The van der Waals surface area contributed by atoms with Crippen LogP contribution in [-0.2, 0) is 32.5 Å². The number of hydrogen-bond acceptors (Lipinski definition) is 3. The third-order valence-corrected chi connectivity index (χ3v) is 20.4. The Hall–Kier alpha value is -5.58. The molecule has 0 saturated heterocycles. The zero-order valence-electron chi connectivity index (χ0n) is 45.1. The molecule has 0 N–H and O–H groups in total. The number of rotatable bonds is 2. The standard InChI is InChI=1S/C67H71BN2S/c1-38-28-57-61-58(29-38)70(54-35-48-46(31-40(54)3)63(6,7)25-27-65(48,10)11)56-36-50-49(66(12,13)43-21-17-18-22-44(43)67(50,14)15)33-51(56)68(61)52-37-60-42(41-20-16-19-23-59(41)71-60)32-55(52)69(57)53-34-47-45(30-39(53)2)62(4,5)24-26-64(47,8)9/h16-23,28-37H,24-27H2,1-15H3. The van der Waals surface area contributed by atoms with E-state index in [-0.39, 0.29) is 39.2 Å². The first-order valence-corrected chi connectivity index (χ1v) is 27.5. The summed E-state index contributed by atoms with van der Waals surface area (Å²) in [7, 11) is 0. The molecule has 5 aliphatic rings. The summed E-state index contributed by atoms with van der Waals surface area (Å²) < 4.78 is 2.71. The fraction of sp³-hybridized carbons (Fsp3) is 0.373. The second-order valence-corrected chi connectivity index (χ2v) is 27.6. The zero-order chi connectivity index (χ0) is 49.9. The zero-order valence-corrected chi connectivity index (χ0v) is 45.9. The minimum Gasteiger partial charge on any atom is -0.311 e. The monoisotopic (exact) mass is 947 g/mol. The molecular formula is C67H71BN2S. The first-order valence-electron chi connectivity index (χ1n) is 26.7. The molecule has 0 amide bonds. The van der Waals surface area contributed by atoms with E-state index in [0.29, 0.717) is 0 Å². The molecular weight excluding hydrogens is 876 g/mol. The average Bonchev–Trinajstić information content (AvgIpc) is 3.68. The highest BCUT2D eigenvalue weighted by Gasteiger charge is 2.49. The smallest absolute Gasteiger partial charge is 0.252 e. The van der Waals surface area contributed by atoms with Gasteiger partial charge in [0.1, 0.15) is 0 Å². The molecule has 71 heavy (non-hydrogen) atoms. The molecule has 1 aromatic heterocycles. The van der Waals surface area contributed by atoms with Crippen molar-refractivity contribution in [2.45, 2.75) is 162 Å². The molecule has 358 valence electrons. The van der Waals surface area contributed by atoms with Crippen LogP contribution in [0.4, 0.5) is 34.1 Å². The van der Waals surface area contributed by atoms with Crippen molar-refractivity contribution >= 4 is 88.7 Å². The fourth-order valence-electron chi connectivity index (χ4n) is 14.7. The summed E-state index contributed by atoms with van der Waals surface area (Å²) in [6, 6.07) is 44.5. The van der Waals surface area contributed by atoms with Gasteiger partial charge in [-0.1, -0.05) is 144 Å². The fourth-order valence-corrected chi connectivity index (χ4v) is 15.8. The van der Waals surface area contributed by atoms with Crippen LogP contribution in [0, 0.1) is 20.8 Å². The van der Waals surface area contributed by atoms with E-state index in [1.807, 2.05) is 11.3 Å². The second-order valence-electron chi connectivity index (χ2n) is 26.5. The summed E-state index contributed by atoms with van der Waals surface area (Å²) in [6.45, 7) is 36.8. The Balaban J connectivity index is 1.18. The minimum absolute atomic E-state index is 0.00992. The van der Waals surface area contributed by atoms with E-state index in [1.54, 1.807) is 0 Å².